The molecule has 6 nitrogen and oxygen atoms in total. The lowest BCUT2D eigenvalue weighted by Gasteiger charge is -2.15. The topological polar surface area (TPSA) is 73.9 Å². The van der Waals surface area contributed by atoms with Gasteiger partial charge in [0.2, 0.25) is 0 Å². The van der Waals surface area contributed by atoms with Crippen LogP contribution in [-0.4, -0.2) is 32.2 Å². The largest absolute Gasteiger partial charge is 0.493 e. The number of methoxy groups -OCH3 is 1. The van der Waals surface area contributed by atoms with Gasteiger partial charge >= 0.3 is 5.97 Å². The van der Waals surface area contributed by atoms with Crippen molar-refractivity contribution in [3.05, 3.63) is 59.2 Å². The molecule has 0 aliphatic carbocycles. The highest BCUT2D eigenvalue weighted by Gasteiger charge is 2.17. The highest BCUT2D eigenvalue weighted by molar-refractivity contribution is 5.92. The monoisotopic (exact) mass is 393 g/mol. The second kappa shape index (κ2) is 9.68. The third kappa shape index (κ3) is 5.42. The first-order valence-corrected chi connectivity index (χ1v) is 8.58. The van der Waals surface area contributed by atoms with Crippen molar-refractivity contribution in [2.45, 2.75) is 19.9 Å². The first kappa shape index (κ1) is 21.1. The summed E-state index contributed by atoms with van der Waals surface area (Å²) in [5.41, 5.74) is 0.308. The van der Waals surface area contributed by atoms with Gasteiger partial charge in [-0.2, -0.15) is 0 Å². The van der Waals surface area contributed by atoms with E-state index in [9.17, 15) is 18.4 Å². The van der Waals surface area contributed by atoms with Crippen LogP contribution in [0.25, 0.3) is 0 Å². The molecule has 1 atom stereocenters. The summed E-state index contributed by atoms with van der Waals surface area (Å²) in [4.78, 5) is 24.1. The highest BCUT2D eigenvalue weighted by atomic mass is 19.1. The molecule has 0 saturated carbocycles. The Morgan fingerprint density at radius 1 is 1.11 bits per heavy atom. The van der Waals surface area contributed by atoms with Gasteiger partial charge in [-0.15, -0.1) is 0 Å². The first-order chi connectivity index (χ1) is 13.3. The van der Waals surface area contributed by atoms with Gasteiger partial charge in [0.1, 0.15) is 11.6 Å². The minimum Gasteiger partial charge on any atom is -0.493 e. The predicted octanol–water partition coefficient (Wildman–Crippen LogP) is 3.41. The molecular weight excluding hydrogens is 372 g/mol. The first-order valence-electron chi connectivity index (χ1n) is 8.58. The standard InChI is InChI=1S/C20H21F2NO5/c1-4-27-17-8-5-13(9-18(17)26-3)20(25)28-11-19(24)23-12(2)15-7-6-14(21)10-16(15)22/h5-10,12H,4,11H2,1-3H3,(H,23,24)/t12-/m0/s1. The maximum absolute atomic E-state index is 13.7. The lowest BCUT2D eigenvalue weighted by molar-refractivity contribution is -0.124. The van der Waals surface area contributed by atoms with Crippen LogP contribution < -0.4 is 14.8 Å². The SMILES string of the molecule is CCOc1ccc(C(=O)OCC(=O)N[C@@H](C)c2ccc(F)cc2F)cc1OC. The summed E-state index contributed by atoms with van der Waals surface area (Å²) in [6.07, 6.45) is 0. The molecule has 0 aliphatic heterocycles. The second-order valence-corrected chi connectivity index (χ2v) is 5.83. The molecule has 28 heavy (non-hydrogen) atoms. The van der Waals surface area contributed by atoms with E-state index < -0.39 is 36.2 Å². The molecule has 0 heterocycles. The number of amides is 1. The predicted molar refractivity (Wildman–Crippen MR) is 97.4 cm³/mol. The number of benzene rings is 2. The molecule has 0 radical (unpaired) electrons. The van der Waals surface area contributed by atoms with Crippen LogP contribution in [0.1, 0.15) is 35.8 Å². The maximum Gasteiger partial charge on any atom is 0.338 e. The molecule has 1 N–H and O–H groups in total. The number of nitrogens with one attached hydrogen (secondary N) is 1. The van der Waals surface area contributed by atoms with E-state index in [0.29, 0.717) is 18.1 Å². The van der Waals surface area contributed by atoms with E-state index in [0.717, 1.165) is 12.1 Å². The van der Waals surface area contributed by atoms with Crippen molar-refractivity contribution in [2.75, 3.05) is 20.3 Å². The Balaban J connectivity index is 1.94. The van der Waals surface area contributed by atoms with Gasteiger partial charge in [-0.25, -0.2) is 13.6 Å². The molecule has 0 fully saturated rings. The van der Waals surface area contributed by atoms with Crippen LogP contribution in [-0.2, 0) is 9.53 Å². The highest BCUT2D eigenvalue weighted by Crippen LogP contribution is 2.28. The van der Waals surface area contributed by atoms with Crippen molar-refractivity contribution in [1.82, 2.24) is 5.32 Å². The van der Waals surface area contributed by atoms with Gasteiger partial charge in [0.15, 0.2) is 18.1 Å². The van der Waals surface area contributed by atoms with Crippen molar-refractivity contribution in [1.29, 1.82) is 0 Å². The quantitative estimate of drug-likeness (QED) is 0.696. The molecular formula is C20H21F2NO5. The lowest BCUT2D eigenvalue weighted by Crippen LogP contribution is -2.31. The van der Waals surface area contributed by atoms with Crippen molar-refractivity contribution in [3.8, 4) is 11.5 Å². The third-order valence-electron chi connectivity index (χ3n) is 3.84. The zero-order valence-corrected chi connectivity index (χ0v) is 15.8. The van der Waals surface area contributed by atoms with E-state index in [-0.39, 0.29) is 11.1 Å². The Hall–Kier alpha value is -3.16. The van der Waals surface area contributed by atoms with E-state index >= 15 is 0 Å². The van der Waals surface area contributed by atoms with E-state index in [1.54, 1.807) is 6.07 Å². The number of carbonyl (C=O) groups is 2. The van der Waals surface area contributed by atoms with Gasteiger partial charge < -0.3 is 19.5 Å². The summed E-state index contributed by atoms with van der Waals surface area (Å²) in [7, 11) is 1.44. The third-order valence-corrected chi connectivity index (χ3v) is 3.84. The van der Waals surface area contributed by atoms with Crippen molar-refractivity contribution in [3.63, 3.8) is 0 Å². The second-order valence-electron chi connectivity index (χ2n) is 5.83. The molecule has 2 rings (SSSR count). The van der Waals surface area contributed by atoms with Crippen LogP contribution in [0.5, 0.6) is 11.5 Å². The van der Waals surface area contributed by atoms with E-state index in [2.05, 4.69) is 5.32 Å². The normalized spacial score (nSPS) is 11.5. The maximum atomic E-state index is 13.7. The molecule has 2 aromatic rings. The number of hydrogen-bond acceptors (Lipinski definition) is 5. The van der Waals surface area contributed by atoms with Crippen LogP contribution in [0.15, 0.2) is 36.4 Å². The molecule has 2 aromatic carbocycles. The summed E-state index contributed by atoms with van der Waals surface area (Å²) in [6.45, 7) is 3.24. The summed E-state index contributed by atoms with van der Waals surface area (Å²) in [5, 5.41) is 2.49. The molecule has 0 aromatic heterocycles. The fraction of sp³-hybridized carbons (Fsp3) is 0.300. The van der Waals surface area contributed by atoms with Crippen molar-refractivity contribution in [2.24, 2.45) is 0 Å². The molecule has 0 unspecified atom stereocenters. The fourth-order valence-corrected chi connectivity index (χ4v) is 2.50. The summed E-state index contributed by atoms with van der Waals surface area (Å²) < 4.78 is 42.2. The van der Waals surface area contributed by atoms with Crippen molar-refractivity contribution >= 4 is 11.9 Å². The molecule has 0 saturated heterocycles. The zero-order chi connectivity index (χ0) is 20.7. The number of rotatable bonds is 8. The Morgan fingerprint density at radius 2 is 1.86 bits per heavy atom. The van der Waals surface area contributed by atoms with Gasteiger partial charge in [0.05, 0.1) is 25.3 Å². The summed E-state index contributed by atoms with van der Waals surface area (Å²) in [5.74, 6) is -1.99. The minimum absolute atomic E-state index is 0.123. The Kier molecular flexibility index (Phi) is 7.31. The molecule has 0 spiro atoms. The lowest BCUT2D eigenvalue weighted by atomic mass is 10.1. The van der Waals surface area contributed by atoms with Crippen LogP contribution in [0, 0.1) is 11.6 Å². The average molecular weight is 393 g/mol. The van der Waals surface area contributed by atoms with Gasteiger partial charge in [0, 0.05) is 11.6 Å². The van der Waals surface area contributed by atoms with Gasteiger partial charge in [-0.05, 0) is 38.1 Å². The van der Waals surface area contributed by atoms with Gasteiger partial charge in [-0.3, -0.25) is 4.79 Å². The summed E-state index contributed by atoms with van der Waals surface area (Å²) in [6, 6.07) is 6.85. The van der Waals surface area contributed by atoms with Crippen LogP contribution >= 0.6 is 0 Å². The van der Waals surface area contributed by atoms with Crippen LogP contribution in [0.3, 0.4) is 0 Å². The van der Waals surface area contributed by atoms with Crippen molar-refractivity contribution < 1.29 is 32.6 Å². The fourth-order valence-electron chi connectivity index (χ4n) is 2.50. The smallest absolute Gasteiger partial charge is 0.338 e. The molecule has 150 valence electrons. The van der Waals surface area contributed by atoms with E-state index in [1.807, 2.05) is 6.92 Å². The van der Waals surface area contributed by atoms with Crippen LogP contribution in [0.4, 0.5) is 8.78 Å². The van der Waals surface area contributed by atoms with Gasteiger partial charge in [0.25, 0.3) is 5.91 Å². The molecule has 8 heteroatoms. The minimum atomic E-state index is -0.772. The zero-order valence-electron chi connectivity index (χ0n) is 15.8. The summed E-state index contributed by atoms with van der Waals surface area (Å²) >= 11 is 0. The molecule has 0 aliphatic rings. The number of halogens is 2. The Bertz CT molecular complexity index is 856. The molecule has 1 amide bonds. The number of esters is 1. The Labute approximate surface area is 161 Å². The number of carbonyl (C=O) groups excluding carboxylic acids is 2. The van der Waals surface area contributed by atoms with E-state index in [4.69, 9.17) is 14.2 Å². The average Bonchev–Trinajstić information content (AvgIpc) is 2.66. The molecule has 0 bridgehead atoms. The van der Waals surface area contributed by atoms with Crippen LogP contribution in [0.2, 0.25) is 0 Å². The number of hydrogen-bond donors (Lipinski definition) is 1. The van der Waals surface area contributed by atoms with Gasteiger partial charge in [-0.1, -0.05) is 6.07 Å². The van der Waals surface area contributed by atoms with E-state index in [1.165, 1.54) is 32.2 Å². The Morgan fingerprint density at radius 3 is 2.50 bits per heavy atom. The number of ether oxygens (including phenoxy) is 3.